The number of alkyl carbamates (subject to hydrolysis) is 1. The van der Waals surface area contributed by atoms with Crippen LogP contribution in [0.3, 0.4) is 0 Å². The number of amides is 2. The number of nitrogens with zero attached hydrogens (tertiary/aromatic N) is 1. The van der Waals surface area contributed by atoms with E-state index in [-0.39, 0.29) is 37.4 Å². The third-order valence-electron chi connectivity index (χ3n) is 7.12. The van der Waals surface area contributed by atoms with Crippen molar-refractivity contribution in [3.8, 4) is 11.1 Å². The van der Waals surface area contributed by atoms with E-state index in [9.17, 15) is 19.5 Å². The molecule has 0 radical (unpaired) electrons. The Balaban J connectivity index is 1.36. The summed E-state index contributed by atoms with van der Waals surface area (Å²) in [4.78, 5) is 38.6. The molecule has 2 aliphatic rings. The van der Waals surface area contributed by atoms with E-state index in [4.69, 9.17) is 4.74 Å². The number of nitrogens with one attached hydrogen (secondary N) is 1. The van der Waals surface area contributed by atoms with E-state index in [0.29, 0.717) is 25.8 Å². The average Bonchev–Trinajstić information content (AvgIpc) is 3.19. The number of hydrogen-bond acceptors (Lipinski definition) is 4. The SMILES string of the molecule is CCCC[C@H](CC(=O)N1CCC[C@H](C(=O)O)C1)NC(=O)OCC1c2ccccc2-c2ccccc21. The molecule has 2 aromatic rings. The highest BCUT2D eigenvalue weighted by Crippen LogP contribution is 2.44. The van der Waals surface area contributed by atoms with Gasteiger partial charge in [0, 0.05) is 31.5 Å². The monoisotopic (exact) mass is 478 g/mol. The molecule has 2 amide bonds. The lowest BCUT2D eigenvalue weighted by Crippen LogP contribution is -2.45. The van der Waals surface area contributed by atoms with Gasteiger partial charge in [0.05, 0.1) is 5.92 Å². The molecule has 0 spiro atoms. The predicted molar refractivity (Wildman–Crippen MR) is 133 cm³/mol. The van der Waals surface area contributed by atoms with E-state index in [1.54, 1.807) is 4.90 Å². The number of carboxylic acids is 1. The van der Waals surface area contributed by atoms with E-state index < -0.39 is 18.0 Å². The zero-order valence-electron chi connectivity index (χ0n) is 20.2. The van der Waals surface area contributed by atoms with Gasteiger partial charge in [-0.1, -0.05) is 68.3 Å². The second kappa shape index (κ2) is 11.4. The Morgan fingerprint density at radius 2 is 1.74 bits per heavy atom. The van der Waals surface area contributed by atoms with Gasteiger partial charge in [-0.2, -0.15) is 0 Å². The summed E-state index contributed by atoms with van der Waals surface area (Å²) < 4.78 is 5.67. The number of ether oxygens (including phenoxy) is 1. The Labute approximate surface area is 206 Å². The molecule has 1 fully saturated rings. The van der Waals surface area contributed by atoms with Gasteiger partial charge < -0.3 is 20.1 Å². The number of benzene rings is 2. The minimum absolute atomic E-state index is 0.0230. The van der Waals surface area contributed by atoms with E-state index in [1.807, 2.05) is 24.3 Å². The second-order valence-electron chi connectivity index (χ2n) is 9.53. The van der Waals surface area contributed by atoms with Crippen molar-refractivity contribution in [2.24, 2.45) is 5.92 Å². The fourth-order valence-corrected chi connectivity index (χ4v) is 5.23. The summed E-state index contributed by atoms with van der Waals surface area (Å²) in [5, 5.41) is 12.2. The molecule has 7 heteroatoms. The van der Waals surface area contributed by atoms with Crippen LogP contribution in [0, 0.1) is 5.92 Å². The van der Waals surface area contributed by atoms with Gasteiger partial charge in [0.15, 0.2) is 0 Å². The highest BCUT2D eigenvalue weighted by molar-refractivity contribution is 5.80. The Bertz CT molecular complexity index is 1020. The molecule has 186 valence electrons. The standard InChI is InChI=1S/C28H34N2O5/c1-2-3-10-20(16-26(31)30-15-8-9-19(17-30)27(32)33)29-28(34)35-18-25-23-13-6-4-11-21(23)22-12-5-7-14-24(22)25/h4-7,11-14,19-20,25H,2-3,8-10,15-18H2,1H3,(H,29,34)(H,32,33)/t19-,20+/m0/s1. The quantitative estimate of drug-likeness (QED) is 0.540. The van der Waals surface area contributed by atoms with Crippen LogP contribution in [0.5, 0.6) is 0 Å². The minimum atomic E-state index is -0.859. The Kier molecular flexibility index (Phi) is 8.06. The molecule has 1 aliphatic carbocycles. The van der Waals surface area contributed by atoms with Crippen LogP contribution in [-0.4, -0.2) is 53.7 Å². The van der Waals surface area contributed by atoms with Crippen molar-refractivity contribution in [2.45, 2.75) is 57.4 Å². The molecule has 0 bridgehead atoms. The maximum atomic E-state index is 12.9. The van der Waals surface area contributed by atoms with Gasteiger partial charge in [-0.25, -0.2) is 4.79 Å². The van der Waals surface area contributed by atoms with E-state index in [1.165, 1.54) is 11.1 Å². The third kappa shape index (κ3) is 5.84. The van der Waals surface area contributed by atoms with Crippen LogP contribution < -0.4 is 5.32 Å². The van der Waals surface area contributed by atoms with Crippen molar-refractivity contribution in [2.75, 3.05) is 19.7 Å². The maximum absolute atomic E-state index is 12.9. The highest BCUT2D eigenvalue weighted by atomic mass is 16.5. The van der Waals surface area contributed by atoms with Crippen molar-refractivity contribution in [3.63, 3.8) is 0 Å². The number of rotatable bonds is 9. The lowest BCUT2D eigenvalue weighted by molar-refractivity contribution is -0.145. The molecule has 2 atom stereocenters. The Morgan fingerprint density at radius 1 is 1.09 bits per heavy atom. The van der Waals surface area contributed by atoms with E-state index in [0.717, 1.165) is 24.0 Å². The maximum Gasteiger partial charge on any atom is 0.407 e. The van der Waals surface area contributed by atoms with Gasteiger partial charge in [0.1, 0.15) is 6.61 Å². The number of unbranched alkanes of at least 4 members (excludes halogenated alkanes) is 1. The molecule has 1 saturated heterocycles. The van der Waals surface area contributed by atoms with Crippen molar-refractivity contribution in [1.29, 1.82) is 0 Å². The third-order valence-corrected chi connectivity index (χ3v) is 7.12. The first kappa shape index (κ1) is 24.8. The summed E-state index contributed by atoms with van der Waals surface area (Å²) in [5.74, 6) is -1.51. The zero-order valence-corrected chi connectivity index (χ0v) is 20.2. The van der Waals surface area contributed by atoms with Crippen LogP contribution >= 0.6 is 0 Å². The molecular weight excluding hydrogens is 444 g/mol. The summed E-state index contributed by atoms with van der Waals surface area (Å²) in [6.45, 7) is 3.09. The Morgan fingerprint density at radius 3 is 2.37 bits per heavy atom. The van der Waals surface area contributed by atoms with Crippen LogP contribution in [0.1, 0.15) is 62.5 Å². The zero-order chi connectivity index (χ0) is 24.8. The van der Waals surface area contributed by atoms with Gasteiger partial charge in [0.25, 0.3) is 0 Å². The normalized spacial score (nSPS) is 17.9. The number of fused-ring (bicyclic) bond motifs is 3. The molecule has 4 rings (SSSR count). The molecule has 1 aliphatic heterocycles. The number of aliphatic carboxylic acids is 1. The molecule has 1 heterocycles. The predicted octanol–water partition coefficient (Wildman–Crippen LogP) is 4.80. The molecule has 35 heavy (non-hydrogen) atoms. The molecule has 0 saturated carbocycles. The number of carboxylic acid groups (broad SMARTS) is 1. The first-order valence-corrected chi connectivity index (χ1v) is 12.6. The molecule has 0 unspecified atom stereocenters. The van der Waals surface area contributed by atoms with Crippen molar-refractivity contribution >= 4 is 18.0 Å². The second-order valence-corrected chi connectivity index (χ2v) is 9.53. The first-order valence-electron chi connectivity index (χ1n) is 12.6. The summed E-state index contributed by atoms with van der Waals surface area (Å²) >= 11 is 0. The molecular formula is C28H34N2O5. The average molecular weight is 479 g/mol. The number of carbonyl (C=O) groups excluding carboxylic acids is 2. The summed E-state index contributed by atoms with van der Waals surface area (Å²) in [6, 6.07) is 16.0. The molecule has 2 aromatic carbocycles. The summed E-state index contributed by atoms with van der Waals surface area (Å²) in [6.07, 6.45) is 3.39. The van der Waals surface area contributed by atoms with Crippen molar-refractivity contribution in [3.05, 3.63) is 59.7 Å². The molecule has 0 aromatic heterocycles. The first-order chi connectivity index (χ1) is 17.0. The number of piperidine rings is 1. The van der Waals surface area contributed by atoms with Crippen molar-refractivity contribution in [1.82, 2.24) is 10.2 Å². The number of carbonyl (C=O) groups is 3. The summed E-state index contributed by atoms with van der Waals surface area (Å²) in [5.41, 5.74) is 4.64. The molecule has 7 nitrogen and oxygen atoms in total. The van der Waals surface area contributed by atoms with Crippen LogP contribution in [0.25, 0.3) is 11.1 Å². The van der Waals surface area contributed by atoms with Gasteiger partial charge in [-0.3, -0.25) is 9.59 Å². The van der Waals surface area contributed by atoms with Crippen LogP contribution in [0.15, 0.2) is 48.5 Å². The largest absolute Gasteiger partial charge is 0.481 e. The fraction of sp³-hybridized carbons (Fsp3) is 0.464. The number of hydrogen-bond donors (Lipinski definition) is 2. The van der Waals surface area contributed by atoms with Crippen LogP contribution in [-0.2, 0) is 14.3 Å². The van der Waals surface area contributed by atoms with E-state index >= 15 is 0 Å². The van der Waals surface area contributed by atoms with Crippen molar-refractivity contribution < 1.29 is 24.2 Å². The van der Waals surface area contributed by atoms with Gasteiger partial charge >= 0.3 is 12.1 Å². The van der Waals surface area contributed by atoms with Crippen LogP contribution in [0.4, 0.5) is 4.79 Å². The lowest BCUT2D eigenvalue weighted by atomic mass is 9.97. The van der Waals surface area contributed by atoms with Crippen LogP contribution in [0.2, 0.25) is 0 Å². The molecule has 2 N–H and O–H groups in total. The minimum Gasteiger partial charge on any atom is -0.481 e. The highest BCUT2D eigenvalue weighted by Gasteiger charge is 2.31. The fourth-order valence-electron chi connectivity index (χ4n) is 5.23. The smallest absolute Gasteiger partial charge is 0.407 e. The lowest BCUT2D eigenvalue weighted by Gasteiger charge is -2.32. The Hall–Kier alpha value is -3.35. The van der Waals surface area contributed by atoms with Gasteiger partial charge in [-0.15, -0.1) is 0 Å². The van der Waals surface area contributed by atoms with E-state index in [2.05, 4.69) is 36.5 Å². The topological polar surface area (TPSA) is 95.9 Å². The number of likely N-dealkylation sites (tertiary alicyclic amines) is 1. The summed E-state index contributed by atoms with van der Waals surface area (Å²) in [7, 11) is 0. The van der Waals surface area contributed by atoms with Gasteiger partial charge in [0.2, 0.25) is 5.91 Å². The van der Waals surface area contributed by atoms with Gasteiger partial charge in [-0.05, 0) is 41.5 Å².